The quantitative estimate of drug-likeness (QED) is 0.841. The number of benzene rings is 2. The number of nitrogens with one attached hydrogen (secondary N) is 1. The van der Waals surface area contributed by atoms with E-state index in [1.165, 1.54) is 5.56 Å². The summed E-state index contributed by atoms with van der Waals surface area (Å²) < 4.78 is 0.735. The molecule has 20 heavy (non-hydrogen) atoms. The summed E-state index contributed by atoms with van der Waals surface area (Å²) >= 11 is 3.33. The Morgan fingerprint density at radius 2 is 1.90 bits per heavy atom. The summed E-state index contributed by atoms with van der Waals surface area (Å²) in [5.41, 5.74) is 9.34. The first kappa shape index (κ1) is 14.6. The highest BCUT2D eigenvalue weighted by Gasteiger charge is 2.08. The summed E-state index contributed by atoms with van der Waals surface area (Å²) in [5, 5.41) is 2.94. The van der Waals surface area contributed by atoms with E-state index in [0.29, 0.717) is 17.8 Å². The number of hydrogen-bond acceptors (Lipinski definition) is 2. The third-order valence-electron chi connectivity index (χ3n) is 3.20. The zero-order valence-corrected chi connectivity index (χ0v) is 12.9. The molecule has 0 unspecified atom stereocenters. The molecule has 0 spiro atoms. The molecule has 0 aliphatic carbocycles. The zero-order valence-electron chi connectivity index (χ0n) is 11.3. The largest absolute Gasteiger partial charge is 0.398 e. The molecule has 0 heterocycles. The molecule has 1 amide bonds. The van der Waals surface area contributed by atoms with Crippen molar-refractivity contribution in [3.63, 3.8) is 0 Å². The van der Waals surface area contributed by atoms with E-state index in [0.717, 1.165) is 16.5 Å². The van der Waals surface area contributed by atoms with E-state index in [-0.39, 0.29) is 5.91 Å². The number of anilines is 1. The molecular weight excluding hydrogens is 316 g/mol. The summed E-state index contributed by atoms with van der Waals surface area (Å²) in [7, 11) is 0. The molecule has 0 radical (unpaired) electrons. The van der Waals surface area contributed by atoms with Crippen LogP contribution in [0.4, 0.5) is 5.69 Å². The topological polar surface area (TPSA) is 55.1 Å². The van der Waals surface area contributed by atoms with Crippen molar-refractivity contribution in [3.05, 3.63) is 63.6 Å². The smallest absolute Gasteiger partial charge is 0.251 e. The van der Waals surface area contributed by atoms with Crippen LogP contribution in [0, 0.1) is 0 Å². The van der Waals surface area contributed by atoms with Crippen LogP contribution in [-0.2, 0) is 13.0 Å². The van der Waals surface area contributed by atoms with Gasteiger partial charge in [0.25, 0.3) is 5.91 Å². The maximum absolute atomic E-state index is 12.1. The van der Waals surface area contributed by atoms with Gasteiger partial charge < -0.3 is 11.1 Å². The molecule has 3 nitrogen and oxygen atoms in total. The van der Waals surface area contributed by atoms with E-state index in [1.807, 2.05) is 18.2 Å². The van der Waals surface area contributed by atoms with Crippen LogP contribution >= 0.6 is 15.9 Å². The number of hydrogen-bond donors (Lipinski definition) is 2. The minimum atomic E-state index is -0.100. The lowest BCUT2D eigenvalue weighted by molar-refractivity contribution is 0.0951. The highest BCUT2D eigenvalue weighted by atomic mass is 79.9. The summed E-state index contributed by atoms with van der Waals surface area (Å²) in [5.74, 6) is -0.100. The monoisotopic (exact) mass is 332 g/mol. The molecule has 2 aromatic rings. The SMILES string of the molecule is CCc1ccccc1CNC(=O)c1ccc(N)c(Br)c1. The number of nitrogen functional groups attached to an aromatic ring is 1. The van der Waals surface area contributed by atoms with Gasteiger partial charge in [0.15, 0.2) is 0 Å². The van der Waals surface area contributed by atoms with Gasteiger partial charge in [-0.1, -0.05) is 31.2 Å². The van der Waals surface area contributed by atoms with Crippen molar-refractivity contribution in [2.24, 2.45) is 0 Å². The molecule has 4 heteroatoms. The van der Waals surface area contributed by atoms with Crippen molar-refractivity contribution in [2.75, 3.05) is 5.73 Å². The van der Waals surface area contributed by atoms with Crippen LogP contribution in [0.15, 0.2) is 46.9 Å². The minimum Gasteiger partial charge on any atom is -0.398 e. The molecule has 104 valence electrons. The van der Waals surface area contributed by atoms with Gasteiger partial charge in [-0.25, -0.2) is 0 Å². The molecule has 2 rings (SSSR count). The van der Waals surface area contributed by atoms with Crippen molar-refractivity contribution < 1.29 is 4.79 Å². The van der Waals surface area contributed by atoms with E-state index < -0.39 is 0 Å². The average molecular weight is 333 g/mol. The molecule has 3 N–H and O–H groups in total. The number of halogens is 1. The second-order valence-electron chi connectivity index (χ2n) is 4.54. The van der Waals surface area contributed by atoms with Gasteiger partial charge in [-0.15, -0.1) is 0 Å². The molecular formula is C16H17BrN2O. The Morgan fingerprint density at radius 1 is 1.20 bits per heavy atom. The number of carbonyl (C=O) groups excluding carboxylic acids is 1. The van der Waals surface area contributed by atoms with Gasteiger partial charge in [0, 0.05) is 22.3 Å². The summed E-state index contributed by atoms with van der Waals surface area (Å²) in [6.07, 6.45) is 0.958. The Morgan fingerprint density at radius 3 is 2.55 bits per heavy atom. The van der Waals surface area contributed by atoms with Gasteiger partial charge in [0.1, 0.15) is 0 Å². The van der Waals surface area contributed by atoms with Gasteiger partial charge in [0.2, 0.25) is 0 Å². The van der Waals surface area contributed by atoms with E-state index in [2.05, 4.69) is 34.2 Å². The minimum absolute atomic E-state index is 0.100. The third kappa shape index (κ3) is 3.39. The van der Waals surface area contributed by atoms with Crippen molar-refractivity contribution in [2.45, 2.75) is 19.9 Å². The standard InChI is InChI=1S/C16H17BrN2O/c1-2-11-5-3-4-6-13(11)10-19-16(20)12-7-8-15(18)14(17)9-12/h3-9H,2,10,18H2,1H3,(H,19,20). The van der Waals surface area contributed by atoms with E-state index in [1.54, 1.807) is 18.2 Å². The van der Waals surface area contributed by atoms with Gasteiger partial charge in [-0.2, -0.15) is 0 Å². The number of rotatable bonds is 4. The Kier molecular flexibility index (Phi) is 4.79. The fourth-order valence-corrected chi connectivity index (χ4v) is 2.40. The Labute approximate surface area is 127 Å². The molecule has 0 saturated heterocycles. The average Bonchev–Trinajstić information content (AvgIpc) is 2.47. The van der Waals surface area contributed by atoms with Crippen LogP contribution in [0.2, 0.25) is 0 Å². The first-order chi connectivity index (χ1) is 9.61. The lowest BCUT2D eigenvalue weighted by Crippen LogP contribution is -2.23. The zero-order chi connectivity index (χ0) is 14.5. The predicted octanol–water partition coefficient (Wildman–Crippen LogP) is 3.52. The summed E-state index contributed by atoms with van der Waals surface area (Å²) in [6.45, 7) is 2.64. The maximum Gasteiger partial charge on any atom is 0.251 e. The number of carbonyl (C=O) groups is 1. The predicted molar refractivity (Wildman–Crippen MR) is 85.5 cm³/mol. The van der Waals surface area contributed by atoms with Crippen LogP contribution in [0.25, 0.3) is 0 Å². The summed E-state index contributed by atoms with van der Waals surface area (Å²) in [6, 6.07) is 13.3. The molecule has 0 aliphatic heterocycles. The van der Waals surface area contributed by atoms with Crippen molar-refractivity contribution in [1.29, 1.82) is 0 Å². The van der Waals surface area contributed by atoms with Crippen LogP contribution in [0.3, 0.4) is 0 Å². The van der Waals surface area contributed by atoms with Crippen molar-refractivity contribution in [3.8, 4) is 0 Å². The molecule has 0 aromatic heterocycles. The lowest BCUT2D eigenvalue weighted by atomic mass is 10.1. The van der Waals surface area contributed by atoms with Crippen molar-refractivity contribution >= 4 is 27.5 Å². The summed E-state index contributed by atoms with van der Waals surface area (Å²) in [4.78, 5) is 12.1. The molecule has 0 fully saturated rings. The van der Waals surface area contributed by atoms with Crippen LogP contribution < -0.4 is 11.1 Å². The van der Waals surface area contributed by atoms with Gasteiger partial charge >= 0.3 is 0 Å². The normalized spacial score (nSPS) is 10.3. The first-order valence-corrected chi connectivity index (χ1v) is 7.31. The lowest BCUT2D eigenvalue weighted by Gasteiger charge is -2.10. The Hall–Kier alpha value is -1.81. The van der Waals surface area contributed by atoms with Crippen LogP contribution in [0.1, 0.15) is 28.4 Å². The Balaban J connectivity index is 2.06. The Bertz CT molecular complexity index is 626. The van der Waals surface area contributed by atoms with E-state index >= 15 is 0 Å². The maximum atomic E-state index is 12.1. The highest BCUT2D eigenvalue weighted by Crippen LogP contribution is 2.20. The molecule has 0 aliphatic rings. The number of nitrogens with two attached hydrogens (primary N) is 1. The number of amides is 1. The fraction of sp³-hybridized carbons (Fsp3) is 0.188. The highest BCUT2D eigenvalue weighted by molar-refractivity contribution is 9.10. The van der Waals surface area contributed by atoms with Crippen LogP contribution in [0.5, 0.6) is 0 Å². The molecule has 0 bridgehead atoms. The van der Waals surface area contributed by atoms with Crippen molar-refractivity contribution in [1.82, 2.24) is 5.32 Å². The fourth-order valence-electron chi connectivity index (χ4n) is 2.02. The third-order valence-corrected chi connectivity index (χ3v) is 3.89. The molecule has 0 saturated carbocycles. The molecule has 0 atom stereocenters. The first-order valence-electron chi connectivity index (χ1n) is 6.51. The van der Waals surface area contributed by atoms with Gasteiger partial charge in [0.05, 0.1) is 0 Å². The van der Waals surface area contributed by atoms with E-state index in [4.69, 9.17) is 5.73 Å². The van der Waals surface area contributed by atoms with Gasteiger partial charge in [-0.3, -0.25) is 4.79 Å². The molecule has 2 aromatic carbocycles. The number of aryl methyl sites for hydroxylation is 1. The van der Waals surface area contributed by atoms with Crippen LogP contribution in [-0.4, -0.2) is 5.91 Å². The van der Waals surface area contributed by atoms with Gasteiger partial charge in [-0.05, 0) is 51.7 Å². The second kappa shape index (κ2) is 6.57. The van der Waals surface area contributed by atoms with E-state index in [9.17, 15) is 4.79 Å². The second-order valence-corrected chi connectivity index (χ2v) is 5.40.